The summed E-state index contributed by atoms with van der Waals surface area (Å²) in [5.41, 5.74) is 1.68. The zero-order valence-corrected chi connectivity index (χ0v) is 15.0. The highest BCUT2D eigenvalue weighted by Gasteiger charge is 2.38. The summed E-state index contributed by atoms with van der Waals surface area (Å²) in [6.45, 7) is 1.77. The average molecular weight is 378 g/mol. The van der Waals surface area contributed by atoms with Gasteiger partial charge in [0, 0.05) is 0 Å². The minimum Gasteiger partial charge on any atom is -0.497 e. The molecule has 0 spiro atoms. The molecule has 1 aliphatic heterocycles. The molecule has 0 bridgehead atoms. The van der Waals surface area contributed by atoms with Crippen molar-refractivity contribution in [3.63, 3.8) is 0 Å². The summed E-state index contributed by atoms with van der Waals surface area (Å²) in [5, 5.41) is -0.602. The number of nitrogens with zero attached hydrogens (tertiary/aromatic N) is 1. The van der Waals surface area contributed by atoms with Gasteiger partial charge in [0.05, 0.1) is 22.7 Å². The molecular weight excluding hydrogens is 365 g/mol. The third kappa shape index (κ3) is 3.27. The van der Waals surface area contributed by atoms with Gasteiger partial charge >= 0.3 is 0 Å². The summed E-state index contributed by atoms with van der Waals surface area (Å²) >= 11 is 6.60. The van der Waals surface area contributed by atoms with E-state index in [1.807, 2.05) is 12.1 Å². The molecule has 0 aromatic heterocycles. The number of benzene rings is 2. The van der Waals surface area contributed by atoms with E-state index in [4.69, 9.17) is 16.3 Å². The Morgan fingerprint density at radius 2 is 1.96 bits per heavy atom. The van der Waals surface area contributed by atoms with Crippen LogP contribution in [0, 0.1) is 5.82 Å². The third-order valence-corrected chi connectivity index (χ3v) is 5.11. The Morgan fingerprint density at radius 3 is 2.64 bits per heavy atom. The molecule has 2 amide bonds. The smallest absolute Gasteiger partial charge is 0.298 e. The molecule has 2 aromatic carbocycles. The van der Waals surface area contributed by atoms with Crippen molar-refractivity contribution in [3.05, 3.63) is 63.8 Å². The van der Waals surface area contributed by atoms with Gasteiger partial charge in [-0.3, -0.25) is 9.59 Å². The molecule has 1 aliphatic rings. The van der Waals surface area contributed by atoms with Gasteiger partial charge in [-0.2, -0.15) is 0 Å². The number of ether oxygens (including phenoxy) is 1. The number of hydrogen-bond acceptors (Lipinski definition) is 4. The fourth-order valence-corrected chi connectivity index (χ4v) is 3.51. The Balaban J connectivity index is 2.01. The highest BCUT2D eigenvalue weighted by Crippen LogP contribution is 2.40. The fourth-order valence-electron chi connectivity index (χ4n) is 2.43. The maximum Gasteiger partial charge on any atom is 0.298 e. The molecular formula is C18H13ClFNO3S. The van der Waals surface area contributed by atoms with Crippen LogP contribution in [0.1, 0.15) is 12.5 Å². The van der Waals surface area contributed by atoms with Crippen molar-refractivity contribution < 1.29 is 18.7 Å². The van der Waals surface area contributed by atoms with Crippen molar-refractivity contribution in [2.75, 3.05) is 12.0 Å². The maximum atomic E-state index is 13.3. The summed E-state index contributed by atoms with van der Waals surface area (Å²) in [6, 6.07) is 11.0. The summed E-state index contributed by atoms with van der Waals surface area (Å²) in [5.74, 6) is -0.417. The zero-order chi connectivity index (χ0) is 18.1. The number of allylic oxidation sites excluding steroid dienone is 1. The largest absolute Gasteiger partial charge is 0.497 e. The van der Waals surface area contributed by atoms with E-state index in [0.29, 0.717) is 16.2 Å². The van der Waals surface area contributed by atoms with Gasteiger partial charge in [-0.1, -0.05) is 23.7 Å². The molecule has 1 heterocycles. The first kappa shape index (κ1) is 17.5. The lowest BCUT2D eigenvalue weighted by molar-refractivity contribution is -0.113. The van der Waals surface area contributed by atoms with Gasteiger partial charge in [0.2, 0.25) is 0 Å². The Morgan fingerprint density at radius 1 is 1.20 bits per heavy atom. The molecule has 128 valence electrons. The average Bonchev–Trinajstić information content (AvgIpc) is 2.91. The zero-order valence-electron chi connectivity index (χ0n) is 13.4. The van der Waals surface area contributed by atoms with Crippen LogP contribution in [0.25, 0.3) is 5.57 Å². The lowest BCUT2D eigenvalue weighted by Gasteiger charge is -2.13. The molecule has 2 aromatic rings. The second kappa shape index (κ2) is 6.90. The number of hydrogen-bond donors (Lipinski definition) is 0. The number of halogens is 2. The number of thioether (sulfide) groups is 1. The number of carbonyl (C=O) groups excluding carboxylic acids is 2. The van der Waals surface area contributed by atoms with Crippen molar-refractivity contribution in [1.82, 2.24) is 0 Å². The first-order valence-electron chi connectivity index (χ1n) is 7.29. The van der Waals surface area contributed by atoms with Crippen molar-refractivity contribution in [1.29, 1.82) is 0 Å². The van der Waals surface area contributed by atoms with Crippen molar-refractivity contribution in [3.8, 4) is 5.75 Å². The Kier molecular flexibility index (Phi) is 4.83. The van der Waals surface area contributed by atoms with E-state index in [2.05, 4.69) is 0 Å². The van der Waals surface area contributed by atoms with Crippen molar-refractivity contribution >= 4 is 45.8 Å². The fraction of sp³-hybridized carbons (Fsp3) is 0.111. The molecule has 0 radical (unpaired) electrons. The van der Waals surface area contributed by atoms with Crippen LogP contribution < -0.4 is 9.64 Å². The highest BCUT2D eigenvalue weighted by molar-refractivity contribution is 8.19. The molecule has 1 fully saturated rings. The van der Waals surface area contributed by atoms with E-state index in [1.165, 1.54) is 12.1 Å². The van der Waals surface area contributed by atoms with Crippen LogP contribution in [0.2, 0.25) is 5.02 Å². The second-order valence-electron chi connectivity index (χ2n) is 5.29. The van der Waals surface area contributed by atoms with Crippen LogP contribution in [-0.4, -0.2) is 18.3 Å². The third-order valence-electron chi connectivity index (χ3n) is 3.77. The predicted molar refractivity (Wildman–Crippen MR) is 97.5 cm³/mol. The van der Waals surface area contributed by atoms with Crippen LogP contribution in [0.15, 0.2) is 47.4 Å². The molecule has 4 nitrogen and oxygen atoms in total. The van der Waals surface area contributed by atoms with E-state index in [-0.39, 0.29) is 10.7 Å². The minimum absolute atomic E-state index is 0.148. The minimum atomic E-state index is -0.611. The first-order valence-corrected chi connectivity index (χ1v) is 8.48. The number of methoxy groups -OCH3 is 1. The quantitative estimate of drug-likeness (QED) is 0.696. The number of amides is 2. The molecule has 0 N–H and O–H groups in total. The van der Waals surface area contributed by atoms with E-state index >= 15 is 0 Å². The molecule has 0 aliphatic carbocycles. The molecule has 0 unspecified atom stereocenters. The lowest BCUT2D eigenvalue weighted by Crippen LogP contribution is -2.27. The first-order chi connectivity index (χ1) is 11.9. The van der Waals surface area contributed by atoms with E-state index < -0.39 is 17.0 Å². The predicted octanol–water partition coefficient (Wildman–Crippen LogP) is 5.12. The van der Waals surface area contributed by atoms with Crippen LogP contribution in [0.4, 0.5) is 14.9 Å². The maximum absolute atomic E-state index is 13.3. The summed E-state index contributed by atoms with van der Waals surface area (Å²) in [4.78, 5) is 26.4. The van der Waals surface area contributed by atoms with Gasteiger partial charge in [0.25, 0.3) is 11.1 Å². The van der Waals surface area contributed by atoms with Crippen LogP contribution >= 0.6 is 23.4 Å². The van der Waals surface area contributed by atoms with E-state index in [1.54, 1.807) is 26.2 Å². The molecule has 0 saturated carbocycles. The van der Waals surface area contributed by atoms with Gasteiger partial charge in [-0.25, -0.2) is 9.29 Å². The Bertz CT molecular complexity index is 913. The number of anilines is 1. The molecule has 7 heteroatoms. The van der Waals surface area contributed by atoms with Gasteiger partial charge in [0.15, 0.2) is 0 Å². The van der Waals surface area contributed by atoms with Crippen LogP contribution in [-0.2, 0) is 4.79 Å². The van der Waals surface area contributed by atoms with Crippen LogP contribution in [0.5, 0.6) is 5.75 Å². The molecule has 25 heavy (non-hydrogen) atoms. The summed E-state index contributed by atoms with van der Waals surface area (Å²) < 4.78 is 18.5. The highest BCUT2D eigenvalue weighted by atomic mass is 35.5. The Hall–Kier alpha value is -2.31. The molecule has 3 rings (SSSR count). The SMILES string of the molecule is COc1cccc(/C(C)=C2\SC(=O)N(c3ccc(F)c(Cl)c3)C2=O)c1. The number of rotatable bonds is 3. The van der Waals surface area contributed by atoms with Gasteiger partial charge in [-0.15, -0.1) is 0 Å². The monoisotopic (exact) mass is 377 g/mol. The number of imide groups is 1. The van der Waals surface area contributed by atoms with E-state index in [0.717, 1.165) is 28.3 Å². The lowest BCUT2D eigenvalue weighted by atomic mass is 10.1. The summed E-state index contributed by atoms with van der Waals surface area (Å²) in [6.07, 6.45) is 0. The standard InChI is InChI=1S/C18H13ClFNO3S/c1-10(11-4-3-5-13(8-11)24-2)16-17(22)21(18(23)25-16)12-6-7-15(20)14(19)9-12/h3-9H,1-2H3/b16-10-. The summed E-state index contributed by atoms with van der Waals surface area (Å²) in [7, 11) is 1.56. The number of carbonyl (C=O) groups is 2. The van der Waals surface area contributed by atoms with Gasteiger partial charge < -0.3 is 4.74 Å². The van der Waals surface area contributed by atoms with Crippen molar-refractivity contribution in [2.24, 2.45) is 0 Å². The van der Waals surface area contributed by atoms with E-state index in [9.17, 15) is 14.0 Å². The van der Waals surface area contributed by atoms with Gasteiger partial charge in [-0.05, 0) is 60.2 Å². The molecule has 1 saturated heterocycles. The van der Waals surface area contributed by atoms with Crippen LogP contribution in [0.3, 0.4) is 0 Å². The van der Waals surface area contributed by atoms with Crippen molar-refractivity contribution in [2.45, 2.75) is 6.92 Å². The molecule has 0 atom stereocenters. The second-order valence-corrected chi connectivity index (χ2v) is 6.66. The topological polar surface area (TPSA) is 46.6 Å². The normalized spacial score (nSPS) is 16.4. The van der Waals surface area contributed by atoms with Gasteiger partial charge in [0.1, 0.15) is 11.6 Å². The Labute approximate surface area is 153 Å².